The molecule has 0 saturated carbocycles. The number of hydrogen-bond acceptors (Lipinski definition) is 0. The van der Waals surface area contributed by atoms with Gasteiger partial charge in [-0.05, 0) is 17.9 Å². The van der Waals surface area contributed by atoms with Gasteiger partial charge in [0.05, 0.1) is 0 Å². The molecular weight excluding hydrogens is 156 g/mol. The molecule has 0 saturated heterocycles. The van der Waals surface area contributed by atoms with Crippen LogP contribution in [0.15, 0.2) is 30.3 Å². The van der Waals surface area contributed by atoms with E-state index in [2.05, 4.69) is 52.0 Å². The molecule has 0 amide bonds. The van der Waals surface area contributed by atoms with Crippen molar-refractivity contribution < 1.29 is 0 Å². The van der Waals surface area contributed by atoms with Crippen molar-refractivity contribution in [1.82, 2.24) is 0 Å². The van der Waals surface area contributed by atoms with Gasteiger partial charge in [0, 0.05) is 0 Å². The van der Waals surface area contributed by atoms with Gasteiger partial charge in [-0.1, -0.05) is 64.4 Å². The Balaban J connectivity index is 0.000000252. The van der Waals surface area contributed by atoms with Crippen molar-refractivity contribution in [2.75, 3.05) is 0 Å². The number of benzene rings is 1. The summed E-state index contributed by atoms with van der Waals surface area (Å²) in [5.41, 5.74) is 1.41. The first-order valence-electron chi connectivity index (χ1n) is 5.24. The molecule has 0 aliphatic rings. The molecule has 74 valence electrons. The second-order valence-electron chi connectivity index (χ2n) is 3.64. The summed E-state index contributed by atoms with van der Waals surface area (Å²) in [5, 5.41) is 0. The van der Waals surface area contributed by atoms with E-state index in [9.17, 15) is 0 Å². The molecule has 0 aliphatic carbocycles. The van der Waals surface area contributed by atoms with E-state index >= 15 is 0 Å². The van der Waals surface area contributed by atoms with Crippen LogP contribution in [0.25, 0.3) is 0 Å². The Hall–Kier alpha value is -0.780. The smallest absolute Gasteiger partial charge is 0.0307 e. The van der Waals surface area contributed by atoms with Gasteiger partial charge in [-0.15, -0.1) is 0 Å². The van der Waals surface area contributed by atoms with E-state index in [1.54, 1.807) is 0 Å². The number of aryl methyl sites for hydroxylation is 1. The standard InChI is InChI=1S/C8H10.C5H12/c1-2-8-6-4-3-5-7-8;1-4-5(2)3/h3-7H,2H2,1H3;5H,4H2,1-3H3. The van der Waals surface area contributed by atoms with Crippen molar-refractivity contribution in [3.05, 3.63) is 35.9 Å². The summed E-state index contributed by atoms with van der Waals surface area (Å²) < 4.78 is 0. The van der Waals surface area contributed by atoms with E-state index in [0.717, 1.165) is 12.3 Å². The van der Waals surface area contributed by atoms with Crippen LogP contribution >= 0.6 is 0 Å². The quantitative estimate of drug-likeness (QED) is 0.633. The van der Waals surface area contributed by atoms with Crippen molar-refractivity contribution in [2.24, 2.45) is 5.92 Å². The summed E-state index contributed by atoms with van der Waals surface area (Å²) in [6.07, 6.45) is 2.45. The second-order valence-corrected chi connectivity index (χ2v) is 3.64. The van der Waals surface area contributed by atoms with Gasteiger partial charge in [0.15, 0.2) is 0 Å². The van der Waals surface area contributed by atoms with Gasteiger partial charge >= 0.3 is 0 Å². The summed E-state index contributed by atoms with van der Waals surface area (Å²) in [6.45, 7) is 8.81. The average Bonchev–Trinajstić information content (AvgIpc) is 2.20. The highest BCUT2D eigenvalue weighted by Crippen LogP contribution is 1.96. The predicted octanol–water partition coefficient (Wildman–Crippen LogP) is 4.30. The lowest BCUT2D eigenvalue weighted by molar-refractivity contribution is 0.626. The summed E-state index contributed by atoms with van der Waals surface area (Å²) in [6, 6.07) is 10.5. The third-order valence-corrected chi connectivity index (χ3v) is 2.07. The summed E-state index contributed by atoms with van der Waals surface area (Å²) in [5.74, 6) is 0.884. The normalized spacial score (nSPS) is 9.31. The van der Waals surface area contributed by atoms with Gasteiger partial charge in [-0.3, -0.25) is 0 Å². The maximum Gasteiger partial charge on any atom is -0.0307 e. The largest absolute Gasteiger partial charge is 0.0651 e. The van der Waals surface area contributed by atoms with E-state index in [1.165, 1.54) is 12.0 Å². The van der Waals surface area contributed by atoms with Crippen LogP contribution in [0.3, 0.4) is 0 Å². The highest BCUT2D eigenvalue weighted by Gasteiger charge is 1.80. The van der Waals surface area contributed by atoms with Crippen LogP contribution in [0.2, 0.25) is 0 Å². The Morgan fingerprint density at radius 1 is 1.00 bits per heavy atom. The zero-order chi connectivity index (χ0) is 10.1. The maximum atomic E-state index is 2.22. The third kappa shape index (κ3) is 7.58. The highest BCUT2D eigenvalue weighted by molar-refractivity contribution is 5.13. The minimum atomic E-state index is 0.884. The SMILES string of the molecule is CCC(C)C.CCc1ccccc1. The van der Waals surface area contributed by atoms with E-state index in [1.807, 2.05) is 6.07 Å². The number of hydrogen-bond donors (Lipinski definition) is 0. The Labute approximate surface area is 83.0 Å². The summed E-state index contributed by atoms with van der Waals surface area (Å²) in [7, 11) is 0. The van der Waals surface area contributed by atoms with Gasteiger partial charge in [-0.25, -0.2) is 0 Å². The molecule has 0 spiro atoms. The fraction of sp³-hybridized carbons (Fsp3) is 0.538. The van der Waals surface area contributed by atoms with Crippen LogP contribution in [0.1, 0.15) is 39.7 Å². The first kappa shape index (κ1) is 12.2. The molecule has 0 heterocycles. The monoisotopic (exact) mass is 178 g/mol. The van der Waals surface area contributed by atoms with Crippen LogP contribution in [0.5, 0.6) is 0 Å². The first-order chi connectivity index (χ1) is 6.20. The van der Waals surface area contributed by atoms with Crippen molar-refractivity contribution in [2.45, 2.75) is 40.5 Å². The average molecular weight is 178 g/mol. The highest BCUT2D eigenvalue weighted by atomic mass is 13.9. The van der Waals surface area contributed by atoms with Gasteiger partial charge in [0.1, 0.15) is 0 Å². The Kier molecular flexibility index (Phi) is 7.38. The lowest BCUT2D eigenvalue weighted by Gasteiger charge is -1.90. The van der Waals surface area contributed by atoms with E-state index in [4.69, 9.17) is 0 Å². The van der Waals surface area contributed by atoms with Gasteiger partial charge in [0.25, 0.3) is 0 Å². The van der Waals surface area contributed by atoms with E-state index in [0.29, 0.717) is 0 Å². The van der Waals surface area contributed by atoms with Crippen molar-refractivity contribution in [1.29, 1.82) is 0 Å². The summed E-state index contributed by atoms with van der Waals surface area (Å²) in [4.78, 5) is 0. The molecule has 0 nitrogen and oxygen atoms in total. The Bertz CT molecular complexity index is 186. The van der Waals surface area contributed by atoms with E-state index < -0.39 is 0 Å². The second kappa shape index (κ2) is 7.85. The fourth-order valence-electron chi connectivity index (χ4n) is 0.714. The third-order valence-electron chi connectivity index (χ3n) is 2.07. The first-order valence-corrected chi connectivity index (χ1v) is 5.24. The van der Waals surface area contributed by atoms with Crippen LogP contribution in [-0.2, 0) is 6.42 Å². The predicted molar refractivity (Wildman–Crippen MR) is 60.9 cm³/mol. The number of rotatable bonds is 2. The van der Waals surface area contributed by atoms with Crippen molar-refractivity contribution >= 4 is 0 Å². The molecule has 1 aromatic rings. The van der Waals surface area contributed by atoms with Crippen LogP contribution in [0, 0.1) is 5.92 Å². The Morgan fingerprint density at radius 3 is 1.69 bits per heavy atom. The van der Waals surface area contributed by atoms with Crippen LogP contribution in [0.4, 0.5) is 0 Å². The zero-order valence-electron chi connectivity index (χ0n) is 9.38. The zero-order valence-corrected chi connectivity index (χ0v) is 9.38. The lowest BCUT2D eigenvalue weighted by Crippen LogP contribution is -1.77. The molecule has 0 atom stereocenters. The molecule has 1 aromatic carbocycles. The van der Waals surface area contributed by atoms with Crippen LogP contribution in [-0.4, -0.2) is 0 Å². The molecule has 13 heavy (non-hydrogen) atoms. The van der Waals surface area contributed by atoms with E-state index in [-0.39, 0.29) is 0 Å². The van der Waals surface area contributed by atoms with Crippen molar-refractivity contribution in [3.63, 3.8) is 0 Å². The molecule has 0 radical (unpaired) electrons. The minimum absolute atomic E-state index is 0.884. The fourth-order valence-corrected chi connectivity index (χ4v) is 0.714. The van der Waals surface area contributed by atoms with Crippen LogP contribution < -0.4 is 0 Å². The molecule has 0 aromatic heterocycles. The molecule has 0 fully saturated rings. The lowest BCUT2D eigenvalue weighted by atomic mass is 10.2. The van der Waals surface area contributed by atoms with Gasteiger partial charge in [-0.2, -0.15) is 0 Å². The maximum absolute atomic E-state index is 2.22. The molecule has 0 heteroatoms. The van der Waals surface area contributed by atoms with Gasteiger partial charge < -0.3 is 0 Å². The molecule has 0 N–H and O–H groups in total. The molecule has 0 unspecified atom stereocenters. The Morgan fingerprint density at radius 2 is 1.46 bits per heavy atom. The van der Waals surface area contributed by atoms with Crippen molar-refractivity contribution in [3.8, 4) is 0 Å². The molecule has 1 rings (SSSR count). The van der Waals surface area contributed by atoms with Gasteiger partial charge in [0.2, 0.25) is 0 Å². The molecule has 0 bridgehead atoms. The summed E-state index contributed by atoms with van der Waals surface area (Å²) >= 11 is 0. The molecular formula is C13H22. The minimum Gasteiger partial charge on any atom is -0.0651 e. The topological polar surface area (TPSA) is 0 Å². The molecule has 0 aliphatic heterocycles.